The minimum absolute atomic E-state index is 0.151. The lowest BCUT2D eigenvalue weighted by Crippen LogP contribution is -2.38. The number of ether oxygens (including phenoxy) is 1. The van der Waals surface area contributed by atoms with Gasteiger partial charge in [-0.3, -0.25) is 28.9 Å². The molecule has 1 N–H and O–H groups in total. The maximum absolute atomic E-state index is 12.3. The second kappa shape index (κ2) is 8.05. The third-order valence-electron chi connectivity index (χ3n) is 4.38. The number of hydrogen-bond donors (Lipinski definition) is 1. The van der Waals surface area contributed by atoms with Gasteiger partial charge in [-0.25, -0.2) is 0 Å². The van der Waals surface area contributed by atoms with Crippen LogP contribution < -0.4 is 5.32 Å². The van der Waals surface area contributed by atoms with Crippen LogP contribution in [0, 0.1) is 0 Å². The predicted molar refractivity (Wildman–Crippen MR) is 102 cm³/mol. The molecular weight excluding hydrogens is 376 g/mol. The Morgan fingerprint density at radius 1 is 1.00 bits per heavy atom. The third kappa shape index (κ3) is 4.21. The number of carbonyl (C=O) groups excluding carboxylic acids is 5. The Morgan fingerprint density at radius 2 is 1.62 bits per heavy atom. The molecule has 1 heterocycles. The molecule has 0 aromatic heterocycles. The first-order valence-corrected chi connectivity index (χ1v) is 8.84. The van der Waals surface area contributed by atoms with E-state index in [1.54, 1.807) is 30.3 Å². The number of nitrogens with zero attached hydrogens (tertiary/aromatic N) is 1. The van der Waals surface area contributed by atoms with Crippen molar-refractivity contribution in [3.05, 3.63) is 65.2 Å². The van der Waals surface area contributed by atoms with E-state index < -0.39 is 36.3 Å². The van der Waals surface area contributed by atoms with Crippen LogP contribution in [0.1, 0.15) is 44.9 Å². The summed E-state index contributed by atoms with van der Waals surface area (Å²) in [6.45, 7) is 2.18. The summed E-state index contributed by atoms with van der Waals surface area (Å²) in [4.78, 5) is 61.2. The fourth-order valence-electron chi connectivity index (χ4n) is 2.86. The number of fused-ring (bicyclic) bond motifs is 1. The zero-order valence-corrected chi connectivity index (χ0v) is 15.8. The van der Waals surface area contributed by atoms with Crippen molar-refractivity contribution in [1.82, 2.24) is 4.90 Å². The highest BCUT2D eigenvalue weighted by Crippen LogP contribution is 2.22. The van der Waals surface area contributed by atoms with Gasteiger partial charge in [0.05, 0.1) is 11.1 Å². The van der Waals surface area contributed by atoms with E-state index in [4.69, 9.17) is 4.74 Å². The molecule has 0 aliphatic carbocycles. The van der Waals surface area contributed by atoms with Crippen LogP contribution in [0.4, 0.5) is 5.69 Å². The Morgan fingerprint density at radius 3 is 2.21 bits per heavy atom. The van der Waals surface area contributed by atoms with Crippen LogP contribution in [-0.2, 0) is 14.3 Å². The molecule has 3 rings (SSSR count). The van der Waals surface area contributed by atoms with E-state index in [1.165, 1.54) is 32.0 Å². The fraction of sp³-hybridized carbons (Fsp3) is 0.190. The molecule has 8 heteroatoms. The summed E-state index contributed by atoms with van der Waals surface area (Å²) in [7, 11) is 0. The number of nitrogens with one attached hydrogen (secondary N) is 1. The lowest BCUT2D eigenvalue weighted by molar-refractivity contribution is -0.153. The Labute approximate surface area is 166 Å². The van der Waals surface area contributed by atoms with Crippen LogP contribution in [0.25, 0.3) is 0 Å². The van der Waals surface area contributed by atoms with Gasteiger partial charge in [-0.1, -0.05) is 24.3 Å². The standard InChI is InChI=1S/C21H18N2O6/c1-12(24)14-6-5-7-15(10-14)22-19(26)13(2)29-18(25)11-23-20(27)16-8-3-4-9-17(16)21(23)28/h3-10,13H,11H2,1-2H3,(H,22,26)/t13-/m0/s1. The van der Waals surface area contributed by atoms with Crippen LogP contribution in [0.5, 0.6) is 0 Å². The van der Waals surface area contributed by atoms with Crippen LogP contribution in [-0.4, -0.2) is 47.0 Å². The van der Waals surface area contributed by atoms with E-state index in [2.05, 4.69) is 5.32 Å². The molecule has 3 amide bonds. The van der Waals surface area contributed by atoms with Gasteiger partial charge < -0.3 is 10.1 Å². The number of benzene rings is 2. The largest absolute Gasteiger partial charge is 0.451 e. The second-order valence-electron chi connectivity index (χ2n) is 6.50. The van der Waals surface area contributed by atoms with Crippen LogP contribution in [0.15, 0.2) is 48.5 Å². The lowest BCUT2D eigenvalue weighted by Gasteiger charge is -2.17. The van der Waals surface area contributed by atoms with E-state index in [0.717, 1.165) is 4.90 Å². The highest BCUT2D eigenvalue weighted by molar-refractivity contribution is 6.22. The Hall–Kier alpha value is -3.81. The Balaban J connectivity index is 1.59. The summed E-state index contributed by atoms with van der Waals surface area (Å²) in [5.41, 5.74) is 1.26. The maximum Gasteiger partial charge on any atom is 0.326 e. The first kappa shape index (κ1) is 19.9. The lowest BCUT2D eigenvalue weighted by atomic mass is 10.1. The maximum atomic E-state index is 12.3. The SMILES string of the molecule is CC(=O)c1cccc(NC(=O)[C@H](C)OC(=O)CN2C(=O)c3ccccc3C2=O)c1. The van der Waals surface area contributed by atoms with E-state index in [1.807, 2.05) is 0 Å². The number of carbonyl (C=O) groups is 5. The molecule has 0 saturated carbocycles. The quantitative estimate of drug-likeness (QED) is 0.456. The van der Waals surface area contributed by atoms with Gasteiger partial charge in [0.1, 0.15) is 6.54 Å². The van der Waals surface area contributed by atoms with Gasteiger partial charge in [0.2, 0.25) is 0 Å². The summed E-state index contributed by atoms with van der Waals surface area (Å²) >= 11 is 0. The van der Waals surface area contributed by atoms with Gasteiger partial charge in [0, 0.05) is 11.3 Å². The van der Waals surface area contributed by atoms with Crippen molar-refractivity contribution >= 4 is 35.2 Å². The minimum Gasteiger partial charge on any atom is -0.451 e. The predicted octanol–water partition coefficient (Wildman–Crippen LogP) is 2.06. The van der Waals surface area contributed by atoms with Crippen molar-refractivity contribution in [3.8, 4) is 0 Å². The third-order valence-corrected chi connectivity index (χ3v) is 4.38. The molecule has 1 atom stereocenters. The van der Waals surface area contributed by atoms with E-state index in [9.17, 15) is 24.0 Å². The van der Waals surface area contributed by atoms with Gasteiger partial charge in [-0.2, -0.15) is 0 Å². The molecule has 2 aromatic rings. The number of hydrogen-bond acceptors (Lipinski definition) is 6. The zero-order chi connectivity index (χ0) is 21.1. The van der Waals surface area contributed by atoms with Crippen LogP contribution >= 0.6 is 0 Å². The van der Waals surface area contributed by atoms with Crippen molar-refractivity contribution in [2.75, 3.05) is 11.9 Å². The zero-order valence-electron chi connectivity index (χ0n) is 15.8. The molecule has 0 bridgehead atoms. The average Bonchev–Trinajstić information content (AvgIpc) is 2.93. The van der Waals surface area contributed by atoms with Crippen molar-refractivity contribution in [2.24, 2.45) is 0 Å². The van der Waals surface area contributed by atoms with Crippen LogP contribution in [0.3, 0.4) is 0 Å². The molecule has 148 valence electrons. The molecular formula is C21H18N2O6. The summed E-state index contributed by atoms with van der Waals surface area (Å²) in [6.07, 6.45) is -1.17. The minimum atomic E-state index is -1.17. The summed E-state index contributed by atoms with van der Waals surface area (Å²) in [5.74, 6) is -2.82. The van der Waals surface area contributed by atoms with E-state index in [-0.39, 0.29) is 16.9 Å². The first-order valence-electron chi connectivity index (χ1n) is 8.84. The highest BCUT2D eigenvalue weighted by Gasteiger charge is 2.37. The molecule has 0 unspecified atom stereocenters. The van der Waals surface area contributed by atoms with Gasteiger partial charge in [0.15, 0.2) is 11.9 Å². The van der Waals surface area contributed by atoms with Crippen LogP contribution in [0.2, 0.25) is 0 Å². The smallest absolute Gasteiger partial charge is 0.326 e. The van der Waals surface area contributed by atoms with Gasteiger partial charge >= 0.3 is 5.97 Å². The Bertz CT molecular complexity index is 994. The number of imide groups is 1. The topological polar surface area (TPSA) is 110 Å². The molecule has 1 aliphatic rings. The summed E-state index contributed by atoms with van der Waals surface area (Å²) in [5, 5.41) is 2.55. The summed E-state index contributed by atoms with van der Waals surface area (Å²) < 4.78 is 5.06. The van der Waals surface area contributed by atoms with E-state index >= 15 is 0 Å². The fourth-order valence-corrected chi connectivity index (χ4v) is 2.86. The average molecular weight is 394 g/mol. The number of rotatable bonds is 6. The molecule has 2 aromatic carbocycles. The molecule has 29 heavy (non-hydrogen) atoms. The normalized spacial score (nSPS) is 13.7. The second-order valence-corrected chi connectivity index (χ2v) is 6.50. The van der Waals surface area contributed by atoms with E-state index in [0.29, 0.717) is 11.3 Å². The number of esters is 1. The summed E-state index contributed by atoms with van der Waals surface area (Å²) in [6, 6.07) is 12.6. The number of Topliss-reactive ketones (excluding diaryl/α,β-unsaturated/α-hetero) is 1. The monoisotopic (exact) mass is 394 g/mol. The highest BCUT2D eigenvalue weighted by atomic mass is 16.5. The molecule has 8 nitrogen and oxygen atoms in total. The molecule has 1 aliphatic heterocycles. The van der Waals surface area contributed by atoms with Crippen molar-refractivity contribution < 1.29 is 28.7 Å². The number of amides is 3. The number of ketones is 1. The molecule has 0 radical (unpaired) electrons. The van der Waals surface area contributed by atoms with Gasteiger partial charge in [-0.15, -0.1) is 0 Å². The van der Waals surface area contributed by atoms with Crippen molar-refractivity contribution in [3.63, 3.8) is 0 Å². The molecule has 0 saturated heterocycles. The van der Waals surface area contributed by atoms with Gasteiger partial charge in [-0.05, 0) is 38.1 Å². The van der Waals surface area contributed by atoms with Gasteiger partial charge in [0.25, 0.3) is 17.7 Å². The molecule has 0 spiro atoms. The first-order chi connectivity index (χ1) is 13.8. The van der Waals surface area contributed by atoms with Crippen molar-refractivity contribution in [1.29, 1.82) is 0 Å². The number of anilines is 1. The Kier molecular flexibility index (Phi) is 5.54. The molecule has 0 fully saturated rings. The van der Waals surface area contributed by atoms with Crippen molar-refractivity contribution in [2.45, 2.75) is 20.0 Å².